The average Bonchev–Trinajstić information content (AvgIpc) is 2.58. The Bertz CT molecular complexity index is 621. The number of aliphatic hydroxyl groups excluding tert-OH is 1. The normalized spacial score (nSPS) is 13.4. The van der Waals surface area contributed by atoms with Crippen LogP contribution < -0.4 is 14.8 Å². The molecule has 23 heavy (non-hydrogen) atoms. The summed E-state index contributed by atoms with van der Waals surface area (Å²) in [6.45, 7) is 2.64. The van der Waals surface area contributed by atoms with E-state index in [0.29, 0.717) is 23.1 Å². The fourth-order valence-corrected chi connectivity index (χ4v) is 2.39. The van der Waals surface area contributed by atoms with Gasteiger partial charge in [-0.2, -0.15) is 0 Å². The smallest absolute Gasteiger partial charge is 0.161 e. The molecule has 0 heterocycles. The molecular formula is C18H22ClNO3. The van der Waals surface area contributed by atoms with Crippen LogP contribution in [0.4, 0.5) is 0 Å². The zero-order chi connectivity index (χ0) is 16.7. The van der Waals surface area contributed by atoms with Crippen molar-refractivity contribution in [2.45, 2.75) is 19.1 Å². The van der Waals surface area contributed by atoms with E-state index in [1.54, 1.807) is 7.11 Å². The van der Waals surface area contributed by atoms with Crippen molar-refractivity contribution in [1.29, 1.82) is 0 Å². The molecule has 0 saturated heterocycles. The summed E-state index contributed by atoms with van der Waals surface area (Å²) in [6.07, 6.45) is -0.624. The van der Waals surface area contributed by atoms with E-state index in [2.05, 4.69) is 5.32 Å². The lowest BCUT2D eigenvalue weighted by Crippen LogP contribution is -2.33. The second-order valence-corrected chi connectivity index (χ2v) is 5.74. The molecule has 2 aromatic rings. The van der Waals surface area contributed by atoms with E-state index in [-0.39, 0.29) is 12.6 Å². The summed E-state index contributed by atoms with van der Waals surface area (Å²) >= 11 is 5.99. The lowest BCUT2D eigenvalue weighted by Gasteiger charge is -2.18. The van der Waals surface area contributed by atoms with Crippen LogP contribution in [0, 0.1) is 0 Å². The Morgan fingerprint density at radius 3 is 2.57 bits per heavy atom. The largest absolute Gasteiger partial charge is 0.493 e. The van der Waals surface area contributed by atoms with Crippen LogP contribution in [0.2, 0.25) is 5.02 Å². The van der Waals surface area contributed by atoms with Gasteiger partial charge in [-0.15, -0.1) is 0 Å². The predicted molar refractivity (Wildman–Crippen MR) is 92.4 cm³/mol. The molecule has 2 aromatic carbocycles. The maximum Gasteiger partial charge on any atom is 0.161 e. The highest BCUT2D eigenvalue weighted by Gasteiger charge is 2.11. The van der Waals surface area contributed by atoms with Crippen LogP contribution in [0.1, 0.15) is 18.5 Å². The summed E-state index contributed by atoms with van der Waals surface area (Å²) < 4.78 is 10.8. The SMILES string of the molecule is COc1ccccc1OCC(O)CNC(C)c1cccc(Cl)c1. The van der Waals surface area contributed by atoms with Crippen LogP contribution in [-0.4, -0.2) is 31.5 Å². The molecule has 0 aromatic heterocycles. The zero-order valence-corrected chi connectivity index (χ0v) is 14.1. The van der Waals surface area contributed by atoms with E-state index in [1.807, 2.05) is 55.5 Å². The molecule has 0 spiro atoms. The van der Waals surface area contributed by atoms with Crippen molar-refractivity contribution >= 4 is 11.6 Å². The minimum Gasteiger partial charge on any atom is -0.493 e. The highest BCUT2D eigenvalue weighted by atomic mass is 35.5. The number of rotatable bonds is 8. The maximum absolute atomic E-state index is 10.1. The van der Waals surface area contributed by atoms with Gasteiger partial charge in [0.25, 0.3) is 0 Å². The Balaban J connectivity index is 1.80. The van der Waals surface area contributed by atoms with Crippen molar-refractivity contribution in [1.82, 2.24) is 5.32 Å². The van der Waals surface area contributed by atoms with Crippen LogP contribution in [0.5, 0.6) is 11.5 Å². The Morgan fingerprint density at radius 1 is 1.13 bits per heavy atom. The van der Waals surface area contributed by atoms with Crippen molar-refractivity contribution in [3.63, 3.8) is 0 Å². The van der Waals surface area contributed by atoms with E-state index in [4.69, 9.17) is 21.1 Å². The summed E-state index contributed by atoms with van der Waals surface area (Å²) in [5, 5.41) is 14.0. The first-order valence-corrected chi connectivity index (χ1v) is 7.90. The highest BCUT2D eigenvalue weighted by molar-refractivity contribution is 6.30. The van der Waals surface area contributed by atoms with Crippen molar-refractivity contribution < 1.29 is 14.6 Å². The monoisotopic (exact) mass is 335 g/mol. The first kappa shape index (κ1) is 17.6. The van der Waals surface area contributed by atoms with E-state index < -0.39 is 6.10 Å². The second kappa shape index (κ2) is 8.77. The molecule has 0 amide bonds. The summed E-state index contributed by atoms with van der Waals surface area (Å²) in [7, 11) is 1.59. The van der Waals surface area contributed by atoms with Crippen LogP contribution in [-0.2, 0) is 0 Å². The average molecular weight is 336 g/mol. The number of benzene rings is 2. The first-order chi connectivity index (χ1) is 11.1. The molecule has 2 unspecified atom stereocenters. The number of ether oxygens (including phenoxy) is 2. The van der Waals surface area contributed by atoms with Gasteiger partial charge in [-0.05, 0) is 36.8 Å². The van der Waals surface area contributed by atoms with Gasteiger partial charge in [-0.25, -0.2) is 0 Å². The van der Waals surface area contributed by atoms with Gasteiger partial charge in [0.1, 0.15) is 12.7 Å². The minimum atomic E-state index is -0.624. The molecular weight excluding hydrogens is 314 g/mol. The molecule has 2 N–H and O–H groups in total. The van der Waals surface area contributed by atoms with Gasteiger partial charge in [0.15, 0.2) is 11.5 Å². The van der Waals surface area contributed by atoms with Gasteiger partial charge in [0.05, 0.1) is 7.11 Å². The molecule has 0 fully saturated rings. The lowest BCUT2D eigenvalue weighted by molar-refractivity contribution is 0.102. The summed E-state index contributed by atoms with van der Waals surface area (Å²) in [6, 6.07) is 15.1. The molecule has 0 bridgehead atoms. The molecule has 0 aliphatic carbocycles. The van der Waals surface area contributed by atoms with Gasteiger partial charge in [-0.3, -0.25) is 0 Å². The Hall–Kier alpha value is -1.75. The first-order valence-electron chi connectivity index (χ1n) is 7.53. The van der Waals surface area contributed by atoms with E-state index in [9.17, 15) is 5.11 Å². The van der Waals surface area contributed by atoms with E-state index in [1.165, 1.54) is 0 Å². The Morgan fingerprint density at radius 2 is 1.87 bits per heavy atom. The third-order valence-electron chi connectivity index (χ3n) is 3.51. The van der Waals surface area contributed by atoms with E-state index >= 15 is 0 Å². The number of nitrogens with one attached hydrogen (secondary N) is 1. The molecule has 0 saturated carbocycles. The van der Waals surface area contributed by atoms with Gasteiger partial charge in [0.2, 0.25) is 0 Å². The number of halogens is 1. The standard InChI is InChI=1S/C18H22ClNO3/c1-13(14-6-5-7-15(19)10-14)20-11-16(21)12-23-18-9-4-3-8-17(18)22-2/h3-10,13,16,20-21H,11-12H2,1-2H3. The molecule has 0 radical (unpaired) electrons. The summed E-state index contributed by atoms with van der Waals surface area (Å²) in [4.78, 5) is 0. The fraction of sp³-hybridized carbons (Fsp3) is 0.333. The van der Waals surface area contributed by atoms with E-state index in [0.717, 1.165) is 5.56 Å². The van der Waals surface area contributed by atoms with Gasteiger partial charge in [-0.1, -0.05) is 35.9 Å². The molecule has 0 aliphatic heterocycles. The molecule has 5 heteroatoms. The minimum absolute atomic E-state index is 0.0922. The number of para-hydroxylation sites is 2. The van der Waals surface area contributed by atoms with Crippen LogP contribution >= 0.6 is 11.6 Å². The van der Waals surface area contributed by atoms with Crippen molar-refractivity contribution in [3.8, 4) is 11.5 Å². The number of aliphatic hydroxyl groups is 1. The third kappa shape index (κ3) is 5.43. The third-order valence-corrected chi connectivity index (χ3v) is 3.74. The van der Waals surface area contributed by atoms with Crippen molar-refractivity contribution in [2.75, 3.05) is 20.3 Å². The zero-order valence-electron chi connectivity index (χ0n) is 13.3. The number of hydrogen-bond acceptors (Lipinski definition) is 4. The number of hydrogen-bond donors (Lipinski definition) is 2. The molecule has 2 rings (SSSR count). The van der Waals surface area contributed by atoms with Crippen molar-refractivity contribution in [3.05, 3.63) is 59.1 Å². The number of methoxy groups -OCH3 is 1. The summed E-state index contributed by atoms with van der Waals surface area (Å²) in [5.41, 5.74) is 1.08. The molecule has 0 aliphatic rings. The van der Waals surface area contributed by atoms with Gasteiger partial charge in [0, 0.05) is 17.6 Å². The summed E-state index contributed by atoms with van der Waals surface area (Å²) in [5.74, 6) is 1.27. The molecule has 124 valence electrons. The van der Waals surface area contributed by atoms with Crippen molar-refractivity contribution in [2.24, 2.45) is 0 Å². The Labute approximate surface area is 142 Å². The van der Waals surface area contributed by atoms with Crippen LogP contribution in [0.3, 0.4) is 0 Å². The maximum atomic E-state index is 10.1. The highest BCUT2D eigenvalue weighted by Crippen LogP contribution is 2.25. The van der Waals surface area contributed by atoms with Crippen LogP contribution in [0.25, 0.3) is 0 Å². The second-order valence-electron chi connectivity index (χ2n) is 5.30. The molecule has 2 atom stereocenters. The van der Waals surface area contributed by atoms with Gasteiger partial charge < -0.3 is 19.9 Å². The lowest BCUT2D eigenvalue weighted by atomic mass is 10.1. The topological polar surface area (TPSA) is 50.7 Å². The van der Waals surface area contributed by atoms with Crippen LogP contribution in [0.15, 0.2) is 48.5 Å². The Kier molecular flexibility index (Phi) is 6.71. The quantitative estimate of drug-likeness (QED) is 0.776. The predicted octanol–water partition coefficient (Wildman–Crippen LogP) is 3.44. The molecule has 4 nitrogen and oxygen atoms in total. The van der Waals surface area contributed by atoms with Gasteiger partial charge >= 0.3 is 0 Å². The fourth-order valence-electron chi connectivity index (χ4n) is 2.19.